The van der Waals surface area contributed by atoms with Gasteiger partial charge >= 0.3 is 0 Å². The van der Waals surface area contributed by atoms with Crippen LogP contribution >= 0.6 is 38.5 Å². The van der Waals surface area contributed by atoms with Gasteiger partial charge in [-0.25, -0.2) is 0 Å². The Morgan fingerprint density at radius 2 is 2.28 bits per heavy atom. The zero-order valence-corrected chi connectivity index (χ0v) is 13.9. The van der Waals surface area contributed by atoms with Gasteiger partial charge in [0.2, 0.25) is 0 Å². The van der Waals surface area contributed by atoms with E-state index < -0.39 is 0 Å². The molecule has 0 aliphatic heterocycles. The van der Waals surface area contributed by atoms with Gasteiger partial charge in [-0.15, -0.1) is 0 Å². The molecule has 18 heavy (non-hydrogen) atoms. The number of rotatable bonds is 4. The lowest BCUT2D eigenvalue weighted by molar-refractivity contribution is 0.0717. The van der Waals surface area contributed by atoms with Crippen molar-refractivity contribution in [2.24, 2.45) is 11.7 Å². The molecule has 0 heterocycles. The van der Waals surface area contributed by atoms with Crippen molar-refractivity contribution in [3.05, 3.63) is 31.8 Å². The van der Waals surface area contributed by atoms with Gasteiger partial charge in [0, 0.05) is 27.7 Å². The number of carbonyl (C=O) groups is 1. The predicted molar refractivity (Wildman–Crippen MR) is 84.5 cm³/mol. The van der Waals surface area contributed by atoms with Crippen LogP contribution in [0.5, 0.6) is 0 Å². The molecule has 1 amide bonds. The molecule has 1 atom stereocenters. The van der Waals surface area contributed by atoms with E-state index >= 15 is 0 Å². The number of halogens is 2. The van der Waals surface area contributed by atoms with Gasteiger partial charge in [-0.1, -0.05) is 15.9 Å². The molecule has 1 aliphatic rings. The second-order valence-corrected chi connectivity index (χ2v) is 6.76. The van der Waals surface area contributed by atoms with Crippen molar-refractivity contribution in [1.29, 1.82) is 0 Å². The average Bonchev–Trinajstić information content (AvgIpc) is 3.16. The van der Waals surface area contributed by atoms with Crippen LogP contribution in [0.25, 0.3) is 0 Å². The third-order valence-corrected chi connectivity index (χ3v) is 4.82. The Hall–Kier alpha value is -0.140. The number of nitrogens with zero attached hydrogens (tertiary/aromatic N) is 1. The van der Waals surface area contributed by atoms with Crippen molar-refractivity contribution in [3.8, 4) is 0 Å². The maximum atomic E-state index is 12.5. The Balaban J connectivity index is 2.21. The van der Waals surface area contributed by atoms with Gasteiger partial charge in [-0.05, 0) is 59.5 Å². The summed E-state index contributed by atoms with van der Waals surface area (Å²) in [6.07, 6.45) is 2.38. The smallest absolute Gasteiger partial charge is 0.255 e. The van der Waals surface area contributed by atoms with E-state index in [-0.39, 0.29) is 11.9 Å². The minimum absolute atomic E-state index is 0.0584. The number of amides is 1. The monoisotopic (exact) mass is 422 g/mol. The highest BCUT2D eigenvalue weighted by Crippen LogP contribution is 2.35. The lowest BCUT2D eigenvalue weighted by Gasteiger charge is -2.27. The first-order valence-corrected chi connectivity index (χ1v) is 7.84. The summed E-state index contributed by atoms with van der Waals surface area (Å²) in [5.41, 5.74) is 6.54. The van der Waals surface area contributed by atoms with Gasteiger partial charge in [0.1, 0.15) is 0 Å². The minimum Gasteiger partial charge on any atom is -0.337 e. The third-order valence-electron chi connectivity index (χ3n) is 3.38. The Labute approximate surface area is 129 Å². The van der Waals surface area contributed by atoms with Crippen molar-refractivity contribution in [1.82, 2.24) is 4.90 Å². The summed E-state index contributed by atoms with van der Waals surface area (Å²) in [7, 11) is 1.86. The fourth-order valence-corrected chi connectivity index (χ4v) is 3.08. The summed E-state index contributed by atoms with van der Waals surface area (Å²) in [6.45, 7) is 0.539. The predicted octanol–water partition coefficient (Wildman–Crippen LogP) is 2.86. The summed E-state index contributed by atoms with van der Waals surface area (Å²) in [5.74, 6) is 0.650. The van der Waals surface area contributed by atoms with Crippen LogP contribution in [0.15, 0.2) is 22.7 Å². The van der Waals surface area contributed by atoms with E-state index in [2.05, 4.69) is 38.5 Å². The highest BCUT2D eigenvalue weighted by atomic mass is 127. The molecule has 5 heteroatoms. The Morgan fingerprint density at radius 3 is 2.83 bits per heavy atom. The molecular formula is C13H16BrIN2O. The first-order valence-electron chi connectivity index (χ1n) is 5.97. The summed E-state index contributed by atoms with van der Waals surface area (Å²) >= 11 is 5.60. The Morgan fingerprint density at radius 1 is 1.61 bits per heavy atom. The Bertz CT molecular complexity index is 462. The molecule has 1 aromatic rings. The van der Waals surface area contributed by atoms with E-state index in [1.807, 2.05) is 30.1 Å². The zero-order chi connectivity index (χ0) is 13.3. The standard InChI is InChI=1S/C13H16BrIN2O/c1-17(12(7-16)8-2-3-8)13(18)10-6-9(14)4-5-11(10)15/h4-6,8,12H,2-3,7,16H2,1H3. The van der Waals surface area contributed by atoms with Gasteiger partial charge in [-0.3, -0.25) is 4.79 Å². The molecular weight excluding hydrogens is 407 g/mol. The fourth-order valence-electron chi connectivity index (χ4n) is 2.15. The van der Waals surface area contributed by atoms with Crippen LogP contribution in [0.4, 0.5) is 0 Å². The summed E-state index contributed by atoms with van der Waals surface area (Å²) < 4.78 is 1.90. The molecule has 1 fully saturated rings. The molecule has 1 aromatic carbocycles. The van der Waals surface area contributed by atoms with E-state index in [0.29, 0.717) is 12.5 Å². The lowest BCUT2D eigenvalue weighted by atomic mass is 10.1. The number of hydrogen-bond donors (Lipinski definition) is 1. The normalized spacial score (nSPS) is 16.4. The number of carbonyl (C=O) groups excluding carboxylic acids is 1. The van der Waals surface area contributed by atoms with Gasteiger partial charge < -0.3 is 10.6 Å². The fraction of sp³-hybridized carbons (Fsp3) is 0.462. The number of benzene rings is 1. The summed E-state index contributed by atoms with van der Waals surface area (Å²) in [4.78, 5) is 14.3. The molecule has 1 aliphatic carbocycles. The first-order chi connectivity index (χ1) is 8.54. The van der Waals surface area contributed by atoms with Crippen LogP contribution in [-0.2, 0) is 0 Å². The average molecular weight is 423 g/mol. The summed E-state index contributed by atoms with van der Waals surface area (Å²) in [5, 5.41) is 0. The summed E-state index contributed by atoms with van der Waals surface area (Å²) in [6, 6.07) is 5.94. The molecule has 1 saturated carbocycles. The maximum absolute atomic E-state index is 12.5. The third kappa shape index (κ3) is 3.05. The number of hydrogen-bond acceptors (Lipinski definition) is 2. The van der Waals surface area contributed by atoms with Gasteiger partial charge in [0.25, 0.3) is 5.91 Å². The van der Waals surface area contributed by atoms with E-state index in [1.165, 1.54) is 12.8 Å². The highest BCUT2D eigenvalue weighted by molar-refractivity contribution is 14.1. The molecule has 2 rings (SSSR count). The van der Waals surface area contributed by atoms with Crippen LogP contribution in [0, 0.1) is 9.49 Å². The van der Waals surface area contributed by atoms with Gasteiger partial charge in [0.05, 0.1) is 5.56 Å². The van der Waals surface area contributed by atoms with E-state index in [4.69, 9.17) is 5.73 Å². The molecule has 3 nitrogen and oxygen atoms in total. The van der Waals surface area contributed by atoms with Crippen LogP contribution < -0.4 is 5.73 Å². The van der Waals surface area contributed by atoms with Crippen molar-refractivity contribution < 1.29 is 4.79 Å². The minimum atomic E-state index is 0.0584. The molecule has 0 spiro atoms. The molecule has 0 saturated heterocycles. The lowest BCUT2D eigenvalue weighted by Crippen LogP contribution is -2.43. The van der Waals surface area contributed by atoms with Crippen LogP contribution in [0.2, 0.25) is 0 Å². The second-order valence-electron chi connectivity index (χ2n) is 4.68. The van der Waals surface area contributed by atoms with Crippen LogP contribution in [0.3, 0.4) is 0 Å². The molecule has 98 valence electrons. The van der Waals surface area contributed by atoms with Crippen LogP contribution in [-0.4, -0.2) is 30.4 Å². The second kappa shape index (κ2) is 5.88. The number of nitrogens with two attached hydrogens (primary N) is 1. The van der Waals surface area contributed by atoms with Gasteiger partial charge in [0.15, 0.2) is 0 Å². The number of likely N-dealkylation sites (N-methyl/N-ethyl adjacent to an activating group) is 1. The first kappa shape index (κ1) is 14.3. The van der Waals surface area contributed by atoms with Crippen LogP contribution in [0.1, 0.15) is 23.2 Å². The van der Waals surface area contributed by atoms with Crippen molar-refractivity contribution in [2.45, 2.75) is 18.9 Å². The van der Waals surface area contributed by atoms with E-state index in [9.17, 15) is 4.79 Å². The highest BCUT2D eigenvalue weighted by Gasteiger charge is 2.35. The van der Waals surface area contributed by atoms with Crippen molar-refractivity contribution in [2.75, 3.05) is 13.6 Å². The molecule has 0 aromatic heterocycles. The van der Waals surface area contributed by atoms with Crippen molar-refractivity contribution >= 4 is 44.4 Å². The maximum Gasteiger partial charge on any atom is 0.255 e. The molecule has 0 radical (unpaired) electrons. The SMILES string of the molecule is CN(C(=O)c1cc(Br)ccc1I)C(CN)C1CC1. The van der Waals surface area contributed by atoms with E-state index in [0.717, 1.165) is 13.6 Å². The van der Waals surface area contributed by atoms with Gasteiger partial charge in [-0.2, -0.15) is 0 Å². The molecule has 1 unspecified atom stereocenters. The molecule has 2 N–H and O–H groups in total. The molecule has 0 bridgehead atoms. The van der Waals surface area contributed by atoms with E-state index in [1.54, 1.807) is 0 Å². The zero-order valence-electron chi connectivity index (χ0n) is 10.2. The largest absolute Gasteiger partial charge is 0.337 e. The van der Waals surface area contributed by atoms with Crippen molar-refractivity contribution in [3.63, 3.8) is 0 Å². The topological polar surface area (TPSA) is 46.3 Å². The Kier molecular flexibility index (Phi) is 4.66. The quantitative estimate of drug-likeness (QED) is 0.758.